The van der Waals surface area contributed by atoms with Crippen molar-refractivity contribution in [3.63, 3.8) is 0 Å². The van der Waals surface area contributed by atoms with Gasteiger partial charge in [0, 0.05) is 5.75 Å². The van der Waals surface area contributed by atoms with Crippen LogP contribution in [0.2, 0.25) is 0 Å². The second-order valence-corrected chi connectivity index (χ2v) is 5.64. The Morgan fingerprint density at radius 1 is 1.39 bits per heavy atom. The minimum absolute atomic E-state index is 0.161. The number of aliphatic hydroxyl groups excluding tert-OH is 1. The van der Waals surface area contributed by atoms with E-state index in [1.807, 2.05) is 13.8 Å². The number of esters is 1. The minimum atomic E-state index is -0.578. The molecule has 0 radical (unpaired) electrons. The van der Waals surface area contributed by atoms with Gasteiger partial charge in [-0.3, -0.25) is 4.79 Å². The van der Waals surface area contributed by atoms with Crippen LogP contribution in [0.25, 0.3) is 0 Å². The molecule has 4 nitrogen and oxygen atoms in total. The molecule has 0 aromatic carbocycles. The summed E-state index contributed by atoms with van der Waals surface area (Å²) in [5.41, 5.74) is -0.578. The Balaban J connectivity index is 4.15. The van der Waals surface area contributed by atoms with Gasteiger partial charge in [-0.1, -0.05) is 6.92 Å². The number of carbonyl (C=O) groups is 1. The molecule has 0 aliphatic rings. The number of nitrogens with one attached hydrogen (secondary N) is 1. The molecule has 0 aliphatic carbocycles. The third kappa shape index (κ3) is 7.24. The molecular weight excluding hydrogens is 250 g/mol. The molecule has 18 heavy (non-hydrogen) atoms. The highest BCUT2D eigenvalue weighted by atomic mass is 32.2. The van der Waals surface area contributed by atoms with E-state index in [2.05, 4.69) is 12.2 Å². The Morgan fingerprint density at radius 2 is 2.11 bits per heavy atom. The highest BCUT2D eigenvalue weighted by molar-refractivity contribution is 7.99. The summed E-state index contributed by atoms with van der Waals surface area (Å²) in [4.78, 5) is 12.0. The van der Waals surface area contributed by atoms with E-state index in [0.717, 1.165) is 37.3 Å². The van der Waals surface area contributed by atoms with Crippen LogP contribution in [0.3, 0.4) is 0 Å². The first-order valence-electron chi connectivity index (χ1n) is 6.71. The molecule has 0 saturated carbocycles. The van der Waals surface area contributed by atoms with Crippen LogP contribution in [0.15, 0.2) is 0 Å². The molecular formula is C13H27NO3S. The molecule has 0 saturated heterocycles. The Morgan fingerprint density at radius 3 is 2.67 bits per heavy atom. The zero-order valence-corrected chi connectivity index (χ0v) is 12.6. The minimum Gasteiger partial charge on any atom is -0.465 e. The van der Waals surface area contributed by atoms with Crippen molar-refractivity contribution < 1.29 is 14.6 Å². The highest BCUT2D eigenvalue weighted by Crippen LogP contribution is 2.17. The maximum atomic E-state index is 12.0. The van der Waals surface area contributed by atoms with E-state index in [4.69, 9.17) is 9.84 Å². The molecule has 2 N–H and O–H groups in total. The summed E-state index contributed by atoms with van der Waals surface area (Å²) in [5.74, 6) is 1.56. The monoisotopic (exact) mass is 277 g/mol. The van der Waals surface area contributed by atoms with Crippen LogP contribution < -0.4 is 5.32 Å². The van der Waals surface area contributed by atoms with Gasteiger partial charge in [-0.05, 0) is 45.4 Å². The van der Waals surface area contributed by atoms with Gasteiger partial charge in [-0.2, -0.15) is 11.8 Å². The van der Waals surface area contributed by atoms with Gasteiger partial charge in [0.25, 0.3) is 0 Å². The van der Waals surface area contributed by atoms with Gasteiger partial charge in [0.2, 0.25) is 0 Å². The van der Waals surface area contributed by atoms with Crippen LogP contribution in [0.4, 0.5) is 0 Å². The zero-order chi connectivity index (χ0) is 13.9. The van der Waals surface area contributed by atoms with E-state index in [-0.39, 0.29) is 12.6 Å². The third-order valence-electron chi connectivity index (χ3n) is 2.69. The summed E-state index contributed by atoms with van der Waals surface area (Å²) in [5, 5.41) is 12.0. The predicted octanol–water partition coefficient (Wildman–Crippen LogP) is 1.81. The van der Waals surface area contributed by atoms with E-state index >= 15 is 0 Å². The lowest BCUT2D eigenvalue weighted by molar-refractivity contribution is -0.150. The maximum absolute atomic E-state index is 12.0. The summed E-state index contributed by atoms with van der Waals surface area (Å²) in [7, 11) is 0. The predicted molar refractivity (Wildman–Crippen MR) is 77.0 cm³/mol. The fourth-order valence-electron chi connectivity index (χ4n) is 1.65. The summed E-state index contributed by atoms with van der Waals surface area (Å²) >= 11 is 1.71. The number of hydrogen-bond acceptors (Lipinski definition) is 5. The van der Waals surface area contributed by atoms with Gasteiger partial charge in [0.05, 0.1) is 13.2 Å². The third-order valence-corrected chi connectivity index (χ3v) is 3.74. The van der Waals surface area contributed by atoms with Crippen LogP contribution in [0, 0.1) is 0 Å². The quantitative estimate of drug-likeness (QED) is 0.445. The maximum Gasteiger partial charge on any atom is 0.326 e. The summed E-state index contributed by atoms with van der Waals surface area (Å²) in [6.07, 6.45) is 2.70. The van der Waals surface area contributed by atoms with Crippen LogP contribution in [-0.2, 0) is 9.53 Å². The molecule has 0 aromatic rings. The Bertz CT molecular complexity index is 226. The van der Waals surface area contributed by atoms with Crippen LogP contribution in [0.5, 0.6) is 0 Å². The molecule has 5 heteroatoms. The van der Waals surface area contributed by atoms with Crippen molar-refractivity contribution >= 4 is 17.7 Å². The molecule has 108 valence electrons. The highest BCUT2D eigenvalue weighted by Gasteiger charge is 2.33. The van der Waals surface area contributed by atoms with Gasteiger partial charge in [0.1, 0.15) is 5.54 Å². The largest absolute Gasteiger partial charge is 0.465 e. The fourth-order valence-corrected chi connectivity index (χ4v) is 2.33. The molecule has 0 aliphatic heterocycles. The van der Waals surface area contributed by atoms with E-state index < -0.39 is 5.54 Å². The van der Waals surface area contributed by atoms with Crippen LogP contribution >= 0.6 is 11.8 Å². The second kappa shape index (κ2) is 10.6. The molecule has 0 rings (SSSR count). The van der Waals surface area contributed by atoms with Crippen molar-refractivity contribution in [3.05, 3.63) is 0 Å². The number of aliphatic hydroxyl groups is 1. The first-order chi connectivity index (χ1) is 8.60. The average Bonchev–Trinajstić information content (AvgIpc) is 2.36. The molecule has 0 bridgehead atoms. The van der Waals surface area contributed by atoms with Gasteiger partial charge >= 0.3 is 5.97 Å². The van der Waals surface area contributed by atoms with Gasteiger partial charge in [0.15, 0.2) is 0 Å². The fraction of sp³-hybridized carbons (Fsp3) is 0.923. The normalized spacial score (nSPS) is 14.2. The van der Waals surface area contributed by atoms with Crippen molar-refractivity contribution in [2.24, 2.45) is 0 Å². The van der Waals surface area contributed by atoms with Crippen molar-refractivity contribution in [3.8, 4) is 0 Å². The summed E-state index contributed by atoms with van der Waals surface area (Å²) in [6.45, 7) is 7.27. The Labute approximate surface area is 115 Å². The topological polar surface area (TPSA) is 58.6 Å². The van der Waals surface area contributed by atoms with Crippen molar-refractivity contribution in [1.82, 2.24) is 5.32 Å². The van der Waals surface area contributed by atoms with Gasteiger partial charge in [-0.25, -0.2) is 0 Å². The summed E-state index contributed by atoms with van der Waals surface area (Å²) in [6, 6.07) is 0. The van der Waals surface area contributed by atoms with E-state index in [1.165, 1.54) is 0 Å². The van der Waals surface area contributed by atoms with Crippen molar-refractivity contribution in [2.45, 2.75) is 45.6 Å². The molecule has 0 aromatic heterocycles. The smallest absolute Gasteiger partial charge is 0.326 e. The lowest BCUT2D eigenvalue weighted by Crippen LogP contribution is -2.50. The van der Waals surface area contributed by atoms with Gasteiger partial charge in [-0.15, -0.1) is 0 Å². The lowest BCUT2D eigenvalue weighted by Gasteiger charge is -2.28. The standard InChI is InChI=1S/C13H27NO3S/c1-4-8-14-13(3,12(16)17-5-2)7-6-10-18-11-9-15/h14-15H,4-11H2,1-3H3. The second-order valence-electron chi connectivity index (χ2n) is 4.42. The molecule has 1 atom stereocenters. The number of hydrogen-bond donors (Lipinski definition) is 2. The zero-order valence-electron chi connectivity index (χ0n) is 11.8. The SMILES string of the molecule is CCCNC(C)(CCCSCCO)C(=O)OCC. The van der Waals surface area contributed by atoms with E-state index in [1.54, 1.807) is 11.8 Å². The number of carbonyl (C=O) groups excluding carboxylic acids is 1. The molecule has 0 amide bonds. The van der Waals surface area contributed by atoms with E-state index in [0.29, 0.717) is 6.61 Å². The van der Waals surface area contributed by atoms with E-state index in [9.17, 15) is 4.79 Å². The average molecular weight is 277 g/mol. The summed E-state index contributed by atoms with van der Waals surface area (Å²) < 4.78 is 5.13. The number of ether oxygens (including phenoxy) is 1. The lowest BCUT2D eigenvalue weighted by atomic mass is 9.96. The van der Waals surface area contributed by atoms with Gasteiger partial charge < -0.3 is 15.2 Å². The van der Waals surface area contributed by atoms with Crippen molar-refractivity contribution in [2.75, 3.05) is 31.3 Å². The first-order valence-corrected chi connectivity index (χ1v) is 7.87. The Hall–Kier alpha value is -0.260. The first kappa shape index (κ1) is 17.7. The molecule has 1 unspecified atom stereocenters. The van der Waals surface area contributed by atoms with Crippen LogP contribution in [-0.4, -0.2) is 47.9 Å². The molecule has 0 fully saturated rings. The van der Waals surface area contributed by atoms with Crippen molar-refractivity contribution in [1.29, 1.82) is 0 Å². The van der Waals surface area contributed by atoms with Crippen LogP contribution in [0.1, 0.15) is 40.0 Å². The number of thioether (sulfide) groups is 1. The molecule has 0 heterocycles. The number of rotatable bonds is 11. The molecule has 0 spiro atoms. The Kier molecular flexibility index (Phi) is 10.5.